The molecule has 0 saturated carbocycles. The maximum Gasteiger partial charge on any atom is 0.0571 e. The van der Waals surface area contributed by atoms with Crippen LogP contribution in [0.5, 0.6) is 0 Å². The van der Waals surface area contributed by atoms with E-state index in [2.05, 4.69) is 125 Å². The number of nitrogens with zero attached hydrogens (tertiary/aromatic N) is 4. The highest BCUT2D eigenvalue weighted by Crippen LogP contribution is 2.37. The van der Waals surface area contributed by atoms with Crippen LogP contribution in [0.1, 0.15) is 16.7 Å². The molecule has 0 unspecified atom stereocenters. The summed E-state index contributed by atoms with van der Waals surface area (Å²) in [5.41, 5.74) is 12.7. The summed E-state index contributed by atoms with van der Waals surface area (Å²) >= 11 is 0. The molecule has 6 aromatic rings. The van der Waals surface area contributed by atoms with E-state index in [0.717, 1.165) is 34.7 Å². The molecular weight excluding hydrogens is 500 g/mol. The lowest BCUT2D eigenvalue weighted by atomic mass is 9.95. The third-order valence-corrected chi connectivity index (χ3v) is 8.02. The van der Waals surface area contributed by atoms with Crippen molar-refractivity contribution in [1.82, 2.24) is 14.5 Å². The molecule has 7 rings (SSSR count). The number of anilines is 2. The first-order chi connectivity index (χ1) is 20.1. The largest absolute Gasteiger partial charge is 0.337 e. The van der Waals surface area contributed by atoms with Gasteiger partial charge in [-0.2, -0.15) is 0 Å². The molecule has 0 N–H and O–H groups in total. The molecule has 0 spiro atoms. The molecule has 4 nitrogen and oxygen atoms in total. The first kappa shape index (κ1) is 24.8. The predicted octanol–water partition coefficient (Wildman–Crippen LogP) is 9.13. The molecule has 41 heavy (non-hydrogen) atoms. The fourth-order valence-electron chi connectivity index (χ4n) is 6.02. The first-order valence-electron chi connectivity index (χ1n) is 13.9. The quantitative estimate of drug-likeness (QED) is 0.229. The summed E-state index contributed by atoms with van der Waals surface area (Å²) in [6.07, 6.45) is 15.9. The summed E-state index contributed by atoms with van der Waals surface area (Å²) < 4.78 is 2.34. The lowest BCUT2D eigenvalue weighted by molar-refractivity contribution is 1.08. The molecule has 0 bridgehead atoms. The summed E-state index contributed by atoms with van der Waals surface area (Å²) in [5, 5.41) is 2.39. The van der Waals surface area contributed by atoms with Crippen LogP contribution in [-0.2, 0) is 0 Å². The highest BCUT2D eigenvalue weighted by Gasteiger charge is 2.17. The van der Waals surface area contributed by atoms with Gasteiger partial charge in [-0.05, 0) is 84.1 Å². The average Bonchev–Trinajstić information content (AvgIpc) is 3.36. The van der Waals surface area contributed by atoms with Crippen LogP contribution in [-0.4, -0.2) is 21.1 Å². The number of pyridine rings is 2. The topological polar surface area (TPSA) is 34.0 Å². The van der Waals surface area contributed by atoms with Crippen molar-refractivity contribution in [2.24, 2.45) is 0 Å². The Hall–Kier alpha value is -5.22. The van der Waals surface area contributed by atoms with Crippen LogP contribution in [0, 0.1) is 13.8 Å². The van der Waals surface area contributed by atoms with Crippen LogP contribution < -0.4 is 4.90 Å². The Morgan fingerprint density at radius 2 is 1.39 bits per heavy atom. The highest BCUT2D eigenvalue weighted by atomic mass is 15.1. The minimum absolute atomic E-state index is 0.759. The van der Waals surface area contributed by atoms with Crippen LogP contribution >= 0.6 is 0 Å². The number of para-hydroxylation sites is 1. The summed E-state index contributed by atoms with van der Waals surface area (Å²) in [4.78, 5) is 11.1. The zero-order chi connectivity index (χ0) is 27.9. The normalized spacial score (nSPS) is 14.9. The van der Waals surface area contributed by atoms with E-state index in [9.17, 15) is 0 Å². The van der Waals surface area contributed by atoms with Crippen molar-refractivity contribution in [2.75, 3.05) is 11.4 Å². The second kappa shape index (κ2) is 10.1. The molecule has 1 aliphatic heterocycles. The average molecular weight is 531 g/mol. The van der Waals surface area contributed by atoms with Crippen LogP contribution in [0.3, 0.4) is 0 Å². The molecule has 3 aromatic heterocycles. The Morgan fingerprint density at radius 1 is 0.683 bits per heavy atom. The number of aryl methyl sites for hydroxylation is 2. The summed E-state index contributed by atoms with van der Waals surface area (Å²) in [7, 11) is 0. The van der Waals surface area contributed by atoms with Gasteiger partial charge in [0.15, 0.2) is 0 Å². The van der Waals surface area contributed by atoms with Crippen LogP contribution in [0.25, 0.3) is 44.2 Å². The Labute approximate surface area is 240 Å². The smallest absolute Gasteiger partial charge is 0.0571 e. The molecule has 198 valence electrons. The maximum absolute atomic E-state index is 4.39. The van der Waals surface area contributed by atoms with Gasteiger partial charge in [0.25, 0.3) is 0 Å². The van der Waals surface area contributed by atoms with Gasteiger partial charge >= 0.3 is 0 Å². The van der Waals surface area contributed by atoms with Crippen molar-refractivity contribution in [3.8, 4) is 16.8 Å². The van der Waals surface area contributed by atoms with Crippen molar-refractivity contribution >= 4 is 38.8 Å². The molecule has 4 heteroatoms. The summed E-state index contributed by atoms with van der Waals surface area (Å²) in [6.45, 7) is 9.44. The third kappa shape index (κ3) is 4.25. The van der Waals surface area contributed by atoms with Crippen LogP contribution in [0.15, 0.2) is 128 Å². The van der Waals surface area contributed by atoms with E-state index in [1.807, 2.05) is 36.9 Å². The second-order valence-corrected chi connectivity index (χ2v) is 10.6. The maximum atomic E-state index is 4.39. The number of hydrogen-bond donors (Lipinski definition) is 0. The molecule has 3 aromatic carbocycles. The Morgan fingerprint density at radius 3 is 2.22 bits per heavy atom. The number of fused-ring (bicyclic) bond motifs is 4. The predicted molar refractivity (Wildman–Crippen MR) is 172 cm³/mol. The van der Waals surface area contributed by atoms with Gasteiger partial charge in [0.05, 0.1) is 16.7 Å². The van der Waals surface area contributed by atoms with E-state index in [1.54, 1.807) is 0 Å². The second-order valence-electron chi connectivity index (χ2n) is 10.6. The molecule has 0 radical (unpaired) electrons. The van der Waals surface area contributed by atoms with Gasteiger partial charge in [-0.25, -0.2) is 0 Å². The molecule has 0 aliphatic carbocycles. The first-order valence-corrected chi connectivity index (χ1v) is 13.9. The molecular formula is C37H30N4. The van der Waals surface area contributed by atoms with Crippen molar-refractivity contribution in [2.45, 2.75) is 13.8 Å². The van der Waals surface area contributed by atoms with E-state index >= 15 is 0 Å². The third-order valence-electron chi connectivity index (χ3n) is 8.02. The van der Waals surface area contributed by atoms with Gasteiger partial charge in [0, 0.05) is 59.0 Å². The van der Waals surface area contributed by atoms with E-state index < -0.39 is 0 Å². The van der Waals surface area contributed by atoms with Gasteiger partial charge in [0.1, 0.15) is 0 Å². The fourth-order valence-corrected chi connectivity index (χ4v) is 6.02. The molecule has 4 heterocycles. The monoisotopic (exact) mass is 530 g/mol. The number of hydrogen-bond acceptors (Lipinski definition) is 3. The van der Waals surface area contributed by atoms with Gasteiger partial charge in [0.2, 0.25) is 0 Å². The Balaban J connectivity index is 1.29. The zero-order valence-corrected chi connectivity index (χ0v) is 23.3. The number of aromatic nitrogens is 3. The minimum atomic E-state index is 0.759. The molecule has 0 saturated heterocycles. The van der Waals surface area contributed by atoms with E-state index in [1.165, 1.54) is 44.1 Å². The summed E-state index contributed by atoms with van der Waals surface area (Å²) in [6, 6.07) is 26.3. The van der Waals surface area contributed by atoms with Gasteiger partial charge in [-0.3, -0.25) is 9.97 Å². The van der Waals surface area contributed by atoms with Crippen molar-refractivity contribution in [3.05, 3.63) is 145 Å². The van der Waals surface area contributed by atoms with Crippen LogP contribution in [0.4, 0.5) is 11.4 Å². The van der Waals surface area contributed by atoms with Gasteiger partial charge in [-0.1, -0.05) is 61.2 Å². The van der Waals surface area contributed by atoms with Crippen molar-refractivity contribution in [1.29, 1.82) is 0 Å². The number of allylic oxidation sites excluding steroid dienone is 4. The lowest BCUT2D eigenvalue weighted by Gasteiger charge is -2.27. The van der Waals surface area contributed by atoms with E-state index in [-0.39, 0.29) is 0 Å². The standard InChI is InChI=1S/C37H30N4/c1-25-9-5-4-8-20-40(35-16-18-38-23-33(25)35)28-12-14-30(26(2)21-28)31-15-13-29(22-27(31)3)41-36-11-7-6-10-32(36)34-24-39-19-17-37(34)41/h4-19,21-24H,1,20H2,2-3H3/b8-4-,9-5-. The Kier molecular flexibility index (Phi) is 6.09. The van der Waals surface area contributed by atoms with E-state index in [4.69, 9.17) is 0 Å². The van der Waals surface area contributed by atoms with Crippen LogP contribution in [0.2, 0.25) is 0 Å². The van der Waals surface area contributed by atoms with Crippen molar-refractivity contribution in [3.63, 3.8) is 0 Å². The van der Waals surface area contributed by atoms with E-state index in [0.29, 0.717) is 0 Å². The molecule has 0 atom stereocenters. The number of rotatable bonds is 3. The zero-order valence-electron chi connectivity index (χ0n) is 23.3. The minimum Gasteiger partial charge on any atom is -0.337 e. The Bertz CT molecular complexity index is 1970. The van der Waals surface area contributed by atoms with Gasteiger partial charge in [-0.15, -0.1) is 0 Å². The SMILES string of the molecule is C=C1/C=C\C=C/CN(c2ccc(-c3ccc(-n4c5ccccc5c5cnccc54)cc3C)c(C)c2)c2ccncc21. The summed E-state index contributed by atoms with van der Waals surface area (Å²) in [5.74, 6) is 0. The molecule has 1 aliphatic rings. The molecule has 0 amide bonds. The van der Waals surface area contributed by atoms with Crippen molar-refractivity contribution < 1.29 is 0 Å². The number of benzene rings is 3. The molecule has 0 fully saturated rings. The van der Waals surface area contributed by atoms with Gasteiger partial charge < -0.3 is 9.47 Å². The highest BCUT2D eigenvalue weighted by molar-refractivity contribution is 6.08. The lowest BCUT2D eigenvalue weighted by Crippen LogP contribution is -2.18. The fraction of sp³-hybridized carbons (Fsp3) is 0.0811.